The second kappa shape index (κ2) is 8.88. The van der Waals surface area contributed by atoms with Gasteiger partial charge in [-0.05, 0) is 47.5 Å². The van der Waals surface area contributed by atoms with E-state index >= 15 is 0 Å². The molecule has 0 fully saturated rings. The summed E-state index contributed by atoms with van der Waals surface area (Å²) in [7, 11) is 1.64. The van der Waals surface area contributed by atoms with Crippen LogP contribution in [0.4, 0.5) is 5.82 Å². The number of hydrogen-bond donors (Lipinski definition) is 1. The third kappa shape index (κ3) is 4.36. The smallest absolute Gasteiger partial charge is 0.229 e. The molecule has 2 aromatic heterocycles. The molecule has 3 aromatic carbocycles. The molecule has 7 heteroatoms. The Labute approximate surface area is 195 Å². The summed E-state index contributed by atoms with van der Waals surface area (Å²) < 4.78 is 6.92. The molecular weight excluding hydrogens is 432 g/mol. The molecule has 33 heavy (non-hydrogen) atoms. The monoisotopic (exact) mass is 454 g/mol. The molecule has 0 spiro atoms. The van der Waals surface area contributed by atoms with Crippen molar-refractivity contribution < 1.29 is 9.53 Å². The van der Waals surface area contributed by atoms with Crippen molar-refractivity contribution in [1.82, 2.24) is 14.8 Å². The topological polar surface area (TPSA) is 69.0 Å². The number of methoxy groups -OCH3 is 1. The normalized spacial score (nSPS) is 11.0. The molecule has 0 saturated carbocycles. The zero-order valence-corrected chi connectivity index (χ0v) is 19.1. The van der Waals surface area contributed by atoms with Crippen LogP contribution in [0.15, 0.2) is 78.2 Å². The minimum atomic E-state index is -0.0977. The van der Waals surface area contributed by atoms with Crippen molar-refractivity contribution in [2.75, 3.05) is 12.4 Å². The van der Waals surface area contributed by atoms with Gasteiger partial charge in [0.05, 0.1) is 24.9 Å². The van der Waals surface area contributed by atoms with Gasteiger partial charge in [0, 0.05) is 17.0 Å². The van der Waals surface area contributed by atoms with E-state index < -0.39 is 0 Å². The lowest BCUT2D eigenvalue weighted by Crippen LogP contribution is -2.17. The first-order chi connectivity index (χ1) is 16.1. The van der Waals surface area contributed by atoms with Crippen molar-refractivity contribution in [3.63, 3.8) is 0 Å². The van der Waals surface area contributed by atoms with E-state index in [0.717, 1.165) is 39.0 Å². The average molecular weight is 455 g/mol. The van der Waals surface area contributed by atoms with Crippen LogP contribution in [0.1, 0.15) is 11.3 Å². The Morgan fingerprint density at radius 2 is 1.85 bits per heavy atom. The van der Waals surface area contributed by atoms with Gasteiger partial charge in [-0.15, -0.1) is 11.3 Å². The number of rotatable bonds is 6. The van der Waals surface area contributed by atoms with Crippen LogP contribution < -0.4 is 10.1 Å². The fourth-order valence-electron chi connectivity index (χ4n) is 3.80. The van der Waals surface area contributed by atoms with Gasteiger partial charge in [-0.2, -0.15) is 9.78 Å². The van der Waals surface area contributed by atoms with Gasteiger partial charge in [0.2, 0.25) is 11.0 Å². The van der Waals surface area contributed by atoms with E-state index in [4.69, 9.17) is 9.72 Å². The summed E-state index contributed by atoms with van der Waals surface area (Å²) in [6, 6.07) is 23.7. The fourth-order valence-corrected chi connectivity index (χ4v) is 4.59. The van der Waals surface area contributed by atoms with Crippen LogP contribution in [0.25, 0.3) is 27.2 Å². The number of nitrogens with one attached hydrogen (secondary N) is 1. The number of nitrogens with zero attached hydrogens (tertiary/aromatic N) is 3. The summed E-state index contributed by atoms with van der Waals surface area (Å²) in [5.41, 5.74) is 3.63. The summed E-state index contributed by atoms with van der Waals surface area (Å²) >= 11 is 1.47. The Balaban J connectivity index is 1.38. The predicted molar refractivity (Wildman–Crippen MR) is 132 cm³/mol. The summed E-state index contributed by atoms with van der Waals surface area (Å²) in [4.78, 5) is 17.7. The van der Waals surface area contributed by atoms with Crippen molar-refractivity contribution in [2.45, 2.75) is 13.3 Å². The maximum Gasteiger partial charge on any atom is 0.229 e. The van der Waals surface area contributed by atoms with Crippen LogP contribution in [0.2, 0.25) is 0 Å². The van der Waals surface area contributed by atoms with Gasteiger partial charge in [0.1, 0.15) is 11.6 Å². The van der Waals surface area contributed by atoms with E-state index in [9.17, 15) is 4.79 Å². The van der Waals surface area contributed by atoms with E-state index in [1.54, 1.807) is 11.8 Å². The van der Waals surface area contributed by atoms with Crippen molar-refractivity contribution in [3.05, 3.63) is 89.4 Å². The molecule has 0 unspecified atom stereocenters. The van der Waals surface area contributed by atoms with Crippen molar-refractivity contribution in [3.8, 4) is 22.1 Å². The van der Waals surface area contributed by atoms with E-state index in [-0.39, 0.29) is 12.3 Å². The Hall–Kier alpha value is -3.97. The molecule has 1 amide bonds. The second-order valence-electron chi connectivity index (χ2n) is 7.69. The van der Waals surface area contributed by atoms with Gasteiger partial charge in [0.15, 0.2) is 0 Å². The van der Waals surface area contributed by atoms with Crippen LogP contribution in [0.3, 0.4) is 0 Å². The molecule has 2 heterocycles. The number of carbonyl (C=O) groups excluding carboxylic acids is 1. The van der Waals surface area contributed by atoms with E-state index in [2.05, 4.69) is 22.5 Å². The van der Waals surface area contributed by atoms with E-state index in [1.807, 2.05) is 73.0 Å². The molecule has 1 N–H and O–H groups in total. The molecule has 0 aliphatic carbocycles. The number of aryl methyl sites for hydroxylation is 1. The quantitative estimate of drug-likeness (QED) is 0.360. The van der Waals surface area contributed by atoms with Gasteiger partial charge < -0.3 is 10.1 Å². The highest BCUT2D eigenvalue weighted by atomic mass is 32.1. The van der Waals surface area contributed by atoms with Gasteiger partial charge >= 0.3 is 0 Å². The lowest BCUT2D eigenvalue weighted by atomic mass is 10.0. The Kier molecular flexibility index (Phi) is 5.62. The van der Waals surface area contributed by atoms with Gasteiger partial charge in [-0.25, -0.2) is 4.98 Å². The predicted octanol–water partition coefficient (Wildman–Crippen LogP) is 5.65. The SMILES string of the molecule is COc1ccc(-c2csc(-n3nc(C)cc3NC(=O)Cc3cccc4ccccc34)n2)cc1. The number of benzene rings is 3. The standard InChI is InChI=1S/C26H22N4O2S/c1-17-14-24(28-25(31)15-20-8-5-7-18-6-3-4-9-22(18)20)30(29-17)26-27-23(16-33-26)19-10-12-21(32-2)13-11-19/h3-14,16H,15H2,1-2H3,(H,28,31). The molecule has 0 aliphatic rings. The zero-order valence-electron chi connectivity index (χ0n) is 18.3. The highest BCUT2D eigenvalue weighted by molar-refractivity contribution is 7.12. The largest absolute Gasteiger partial charge is 0.497 e. The minimum absolute atomic E-state index is 0.0977. The Bertz CT molecular complexity index is 1430. The zero-order chi connectivity index (χ0) is 22.8. The van der Waals surface area contributed by atoms with Crippen LogP contribution in [0, 0.1) is 6.92 Å². The molecule has 6 nitrogen and oxygen atoms in total. The number of ether oxygens (including phenoxy) is 1. The maximum atomic E-state index is 12.9. The lowest BCUT2D eigenvalue weighted by molar-refractivity contribution is -0.115. The van der Waals surface area contributed by atoms with E-state index in [1.165, 1.54) is 11.3 Å². The molecule has 0 aliphatic heterocycles. The van der Waals surface area contributed by atoms with Crippen LogP contribution in [-0.2, 0) is 11.2 Å². The first kappa shape index (κ1) is 20.9. The molecule has 164 valence electrons. The third-order valence-corrected chi connectivity index (χ3v) is 6.21. The number of amides is 1. The van der Waals surface area contributed by atoms with Crippen molar-refractivity contribution in [1.29, 1.82) is 0 Å². The molecule has 0 bridgehead atoms. The van der Waals surface area contributed by atoms with Crippen LogP contribution >= 0.6 is 11.3 Å². The lowest BCUT2D eigenvalue weighted by Gasteiger charge is -2.09. The fraction of sp³-hybridized carbons (Fsp3) is 0.115. The number of carbonyl (C=O) groups is 1. The highest BCUT2D eigenvalue weighted by Crippen LogP contribution is 2.28. The van der Waals surface area contributed by atoms with Gasteiger partial charge in [0.25, 0.3) is 0 Å². The van der Waals surface area contributed by atoms with E-state index in [0.29, 0.717) is 10.9 Å². The summed E-state index contributed by atoms with van der Waals surface area (Å²) in [6.45, 7) is 1.90. The number of thiazole rings is 1. The Morgan fingerprint density at radius 3 is 2.67 bits per heavy atom. The first-order valence-electron chi connectivity index (χ1n) is 10.5. The number of fused-ring (bicyclic) bond motifs is 1. The number of hydrogen-bond acceptors (Lipinski definition) is 5. The summed E-state index contributed by atoms with van der Waals surface area (Å²) in [5.74, 6) is 1.31. The summed E-state index contributed by atoms with van der Waals surface area (Å²) in [5, 5.41) is 12.5. The maximum absolute atomic E-state index is 12.9. The first-order valence-corrected chi connectivity index (χ1v) is 11.4. The van der Waals surface area contributed by atoms with Crippen molar-refractivity contribution in [2.24, 2.45) is 0 Å². The third-order valence-electron chi connectivity index (χ3n) is 5.39. The summed E-state index contributed by atoms with van der Waals surface area (Å²) in [6.07, 6.45) is 0.278. The highest BCUT2D eigenvalue weighted by Gasteiger charge is 2.15. The molecule has 0 saturated heterocycles. The average Bonchev–Trinajstić information content (AvgIpc) is 3.46. The number of anilines is 1. The Morgan fingerprint density at radius 1 is 1.06 bits per heavy atom. The van der Waals surface area contributed by atoms with Crippen molar-refractivity contribution >= 4 is 33.8 Å². The molecule has 5 aromatic rings. The minimum Gasteiger partial charge on any atom is -0.497 e. The molecule has 0 atom stereocenters. The second-order valence-corrected chi connectivity index (χ2v) is 8.53. The van der Waals surface area contributed by atoms with Crippen LogP contribution in [-0.4, -0.2) is 27.8 Å². The molecule has 5 rings (SSSR count). The molecular formula is C26H22N4O2S. The van der Waals surface area contributed by atoms with Gasteiger partial charge in [-0.3, -0.25) is 4.79 Å². The molecule has 0 radical (unpaired) electrons. The van der Waals surface area contributed by atoms with Gasteiger partial charge in [-0.1, -0.05) is 42.5 Å². The van der Waals surface area contributed by atoms with Crippen LogP contribution in [0.5, 0.6) is 5.75 Å². The number of aromatic nitrogens is 3.